The van der Waals surface area contributed by atoms with Crippen molar-refractivity contribution in [1.29, 1.82) is 0 Å². The molecule has 0 radical (unpaired) electrons. The molecule has 0 spiro atoms. The Bertz CT molecular complexity index is 1720. The summed E-state index contributed by atoms with van der Waals surface area (Å²) in [5.41, 5.74) is 1.42. The summed E-state index contributed by atoms with van der Waals surface area (Å²) in [6.07, 6.45) is 0. The quantitative estimate of drug-likeness (QED) is 0.104. The molecule has 0 amide bonds. The molecule has 0 bridgehead atoms. The predicted molar refractivity (Wildman–Crippen MR) is 144 cm³/mol. The SMILES string of the molecule is Fc1c[c-]c(-c2cccc(C(c3ccccc3)(c3ccccc3)c3cccc(-c4[c-]cc(F)nc4F)n3)n2)c(F)n1.[Pt+2]. The molecule has 0 saturated heterocycles. The average Bonchev–Trinajstić information content (AvgIpc) is 2.99. The van der Waals surface area contributed by atoms with Crippen LogP contribution in [0.5, 0.6) is 0 Å². The summed E-state index contributed by atoms with van der Waals surface area (Å²) in [6.45, 7) is 0. The van der Waals surface area contributed by atoms with Crippen molar-refractivity contribution in [1.82, 2.24) is 19.9 Å². The van der Waals surface area contributed by atoms with E-state index in [4.69, 9.17) is 9.97 Å². The second-order valence-electron chi connectivity index (χ2n) is 9.08. The van der Waals surface area contributed by atoms with E-state index in [2.05, 4.69) is 22.1 Å². The molecule has 4 aromatic heterocycles. The molecule has 6 rings (SSSR count). The first kappa shape index (κ1) is 29.0. The topological polar surface area (TPSA) is 51.6 Å². The summed E-state index contributed by atoms with van der Waals surface area (Å²) in [5, 5.41) is 0. The molecule has 6 aromatic rings. The van der Waals surface area contributed by atoms with Gasteiger partial charge in [-0.1, -0.05) is 108 Å². The third-order valence-corrected chi connectivity index (χ3v) is 6.69. The van der Waals surface area contributed by atoms with Gasteiger partial charge in [0, 0.05) is 0 Å². The molecule has 4 nitrogen and oxygen atoms in total. The van der Waals surface area contributed by atoms with E-state index in [9.17, 15) is 17.6 Å². The van der Waals surface area contributed by atoms with Crippen molar-refractivity contribution in [3.05, 3.63) is 168 Å². The van der Waals surface area contributed by atoms with Crippen LogP contribution in [0, 0.1) is 35.9 Å². The molecular formula is C33H18F4N4Pt. The van der Waals surface area contributed by atoms with Gasteiger partial charge in [0.25, 0.3) is 0 Å². The maximum absolute atomic E-state index is 14.7. The summed E-state index contributed by atoms with van der Waals surface area (Å²) in [6, 6.07) is 36.1. The molecule has 0 aliphatic rings. The minimum Gasteiger partial charge on any atom is -0.299 e. The van der Waals surface area contributed by atoms with Gasteiger partial charge >= 0.3 is 21.1 Å². The van der Waals surface area contributed by atoms with Gasteiger partial charge in [-0.15, -0.1) is 12.1 Å². The predicted octanol–water partition coefficient (Wildman–Crippen LogP) is 7.14. The number of pyridine rings is 4. The second-order valence-corrected chi connectivity index (χ2v) is 9.08. The minimum atomic E-state index is -1.19. The number of nitrogens with zero attached hydrogens (tertiary/aromatic N) is 4. The standard InChI is InChI=1S/C33H18F4N4.Pt/c34-29-19-17-23(31(36)40-29)25-13-7-15-27(38-25)33(21-9-3-1-4-10-21,22-11-5-2-6-12-22)28-16-8-14-26(39-28)24-18-20-30(35)41-32(24)37;/h1-16,19-20H;/q-2;+2. The van der Waals surface area contributed by atoms with E-state index in [1.54, 1.807) is 36.4 Å². The van der Waals surface area contributed by atoms with E-state index >= 15 is 0 Å². The number of hydrogen-bond acceptors (Lipinski definition) is 4. The molecule has 208 valence electrons. The van der Waals surface area contributed by atoms with E-state index in [1.807, 2.05) is 60.7 Å². The first-order valence-corrected chi connectivity index (χ1v) is 12.5. The fourth-order valence-corrected chi connectivity index (χ4v) is 4.94. The van der Waals surface area contributed by atoms with Gasteiger partial charge in [-0.3, -0.25) is 19.9 Å². The summed E-state index contributed by atoms with van der Waals surface area (Å²) in [5.74, 6) is -4.08. The minimum absolute atomic E-state index is 0. The van der Waals surface area contributed by atoms with E-state index in [0.717, 1.165) is 23.3 Å². The van der Waals surface area contributed by atoms with Crippen molar-refractivity contribution in [2.24, 2.45) is 0 Å². The van der Waals surface area contributed by atoms with Crippen molar-refractivity contribution in [3.63, 3.8) is 0 Å². The summed E-state index contributed by atoms with van der Waals surface area (Å²) < 4.78 is 56.6. The maximum Gasteiger partial charge on any atom is 2.00 e. The van der Waals surface area contributed by atoms with Crippen molar-refractivity contribution in [3.8, 4) is 22.5 Å². The number of halogens is 4. The zero-order chi connectivity index (χ0) is 28.4. The van der Waals surface area contributed by atoms with E-state index in [-0.39, 0.29) is 43.6 Å². The Morgan fingerprint density at radius 1 is 0.476 bits per heavy atom. The number of hydrogen-bond donors (Lipinski definition) is 0. The zero-order valence-electron chi connectivity index (χ0n) is 21.5. The molecule has 42 heavy (non-hydrogen) atoms. The molecular weight excluding hydrogens is 723 g/mol. The molecule has 0 saturated carbocycles. The summed E-state index contributed by atoms with van der Waals surface area (Å²) >= 11 is 0. The van der Waals surface area contributed by atoms with Crippen LogP contribution < -0.4 is 0 Å². The van der Waals surface area contributed by atoms with Crippen LogP contribution in [0.2, 0.25) is 0 Å². The third kappa shape index (κ3) is 5.26. The van der Waals surface area contributed by atoms with Crippen LogP contribution in [-0.2, 0) is 26.5 Å². The van der Waals surface area contributed by atoms with Crippen LogP contribution in [0.1, 0.15) is 22.5 Å². The molecule has 9 heteroatoms. The maximum atomic E-state index is 14.7. The van der Waals surface area contributed by atoms with Crippen molar-refractivity contribution in [2.45, 2.75) is 5.41 Å². The van der Waals surface area contributed by atoms with Crippen molar-refractivity contribution >= 4 is 0 Å². The molecule has 2 aromatic carbocycles. The Balaban J connectivity index is 0.00000353. The van der Waals surface area contributed by atoms with Crippen LogP contribution in [0.15, 0.2) is 109 Å². The van der Waals surface area contributed by atoms with Crippen LogP contribution in [0.3, 0.4) is 0 Å². The fraction of sp³-hybridized carbons (Fsp3) is 0.0303. The van der Waals surface area contributed by atoms with Gasteiger partial charge in [-0.2, -0.15) is 0 Å². The van der Waals surface area contributed by atoms with Crippen LogP contribution in [0.25, 0.3) is 22.5 Å². The molecule has 4 heterocycles. The molecule has 0 aliphatic carbocycles. The monoisotopic (exact) mass is 741 g/mol. The largest absolute Gasteiger partial charge is 2.00 e. The van der Waals surface area contributed by atoms with E-state index < -0.39 is 29.2 Å². The van der Waals surface area contributed by atoms with Gasteiger partial charge in [0.05, 0.1) is 11.4 Å². The van der Waals surface area contributed by atoms with Crippen LogP contribution in [-0.4, -0.2) is 19.9 Å². The Morgan fingerprint density at radius 2 is 0.881 bits per heavy atom. The Hall–Kier alpha value is -4.55. The smallest absolute Gasteiger partial charge is 0.299 e. The van der Waals surface area contributed by atoms with Gasteiger partial charge in [-0.25, -0.2) is 17.6 Å². The number of aromatic nitrogens is 4. The fourth-order valence-electron chi connectivity index (χ4n) is 4.94. The van der Waals surface area contributed by atoms with E-state index in [1.165, 1.54) is 0 Å². The number of benzene rings is 2. The first-order valence-electron chi connectivity index (χ1n) is 12.5. The Labute approximate surface area is 253 Å². The van der Waals surface area contributed by atoms with Gasteiger partial charge < -0.3 is 0 Å². The Kier molecular flexibility index (Phi) is 8.36. The zero-order valence-corrected chi connectivity index (χ0v) is 23.8. The van der Waals surface area contributed by atoms with Crippen molar-refractivity contribution < 1.29 is 38.6 Å². The average molecular weight is 742 g/mol. The van der Waals surface area contributed by atoms with Crippen LogP contribution >= 0.6 is 0 Å². The van der Waals surface area contributed by atoms with Crippen molar-refractivity contribution in [2.75, 3.05) is 0 Å². The molecule has 0 unspecified atom stereocenters. The van der Waals surface area contributed by atoms with Gasteiger partial charge in [0.15, 0.2) is 0 Å². The molecule has 0 fully saturated rings. The Morgan fingerprint density at radius 3 is 1.26 bits per heavy atom. The molecule has 0 atom stereocenters. The summed E-state index contributed by atoms with van der Waals surface area (Å²) in [4.78, 5) is 16.3. The summed E-state index contributed by atoms with van der Waals surface area (Å²) in [7, 11) is 0. The first-order chi connectivity index (χ1) is 20.0. The number of rotatable bonds is 6. The van der Waals surface area contributed by atoms with E-state index in [0.29, 0.717) is 11.4 Å². The molecule has 0 N–H and O–H groups in total. The normalized spacial score (nSPS) is 11.1. The van der Waals surface area contributed by atoms with Gasteiger partial charge in [0.1, 0.15) is 29.2 Å². The van der Waals surface area contributed by atoms with Crippen LogP contribution in [0.4, 0.5) is 17.6 Å². The molecule has 0 aliphatic heterocycles. The van der Waals surface area contributed by atoms with Gasteiger partial charge in [-0.05, 0) is 34.6 Å². The third-order valence-electron chi connectivity index (χ3n) is 6.69. The van der Waals surface area contributed by atoms with Gasteiger partial charge in [0.2, 0.25) is 0 Å². The second kappa shape index (κ2) is 12.1.